The summed E-state index contributed by atoms with van der Waals surface area (Å²) >= 11 is 7.00. The van der Waals surface area contributed by atoms with Gasteiger partial charge in [0.2, 0.25) is 0 Å². The molecule has 0 aromatic heterocycles. The molecule has 0 spiro atoms. The number of carbonyl (C=O) groups excluding carboxylic acids is 1. The zero-order chi connectivity index (χ0) is 16.0. The molecule has 1 amide bonds. The number of nitrogens with zero attached hydrogens (tertiary/aromatic N) is 1. The van der Waals surface area contributed by atoms with Gasteiger partial charge in [0, 0.05) is 26.2 Å². The Morgan fingerprint density at radius 1 is 1.33 bits per heavy atom. The Kier molecular flexibility index (Phi) is 7.70. The highest BCUT2D eigenvalue weighted by molar-refractivity contribution is 9.11. The van der Waals surface area contributed by atoms with Gasteiger partial charge in [0.25, 0.3) is 5.91 Å². The van der Waals surface area contributed by atoms with E-state index >= 15 is 0 Å². The van der Waals surface area contributed by atoms with Crippen molar-refractivity contribution in [3.63, 3.8) is 0 Å². The zero-order valence-corrected chi connectivity index (χ0v) is 16.0. The van der Waals surface area contributed by atoms with E-state index in [4.69, 9.17) is 4.74 Å². The van der Waals surface area contributed by atoms with Crippen LogP contribution in [0.3, 0.4) is 0 Å². The second kappa shape index (κ2) is 8.76. The summed E-state index contributed by atoms with van der Waals surface area (Å²) in [5.74, 6) is 0.614. The van der Waals surface area contributed by atoms with Gasteiger partial charge in [-0.3, -0.25) is 4.79 Å². The van der Waals surface area contributed by atoms with Crippen molar-refractivity contribution in [1.29, 1.82) is 0 Å². The summed E-state index contributed by atoms with van der Waals surface area (Å²) in [6, 6.07) is 4.44. The van der Waals surface area contributed by atoms with E-state index in [1.807, 2.05) is 19.1 Å². The molecule has 6 heteroatoms. The molecule has 0 aliphatic rings. The topological polar surface area (TPSA) is 41.6 Å². The van der Waals surface area contributed by atoms with Gasteiger partial charge in [0.1, 0.15) is 5.75 Å². The summed E-state index contributed by atoms with van der Waals surface area (Å²) < 4.78 is 7.30. The van der Waals surface area contributed by atoms with Crippen LogP contribution < -0.4 is 10.1 Å². The summed E-state index contributed by atoms with van der Waals surface area (Å²) in [6.07, 6.45) is 0. The lowest BCUT2D eigenvalue weighted by Gasteiger charge is -2.17. The van der Waals surface area contributed by atoms with E-state index in [9.17, 15) is 4.79 Å². The lowest BCUT2D eigenvalue weighted by Crippen LogP contribution is -2.31. The SMILES string of the molecule is CCN(C)C(=O)COc1c(Br)cc(CNC(C)C)cc1Br. The van der Waals surface area contributed by atoms with E-state index in [2.05, 4.69) is 51.0 Å². The predicted molar refractivity (Wildman–Crippen MR) is 92.6 cm³/mol. The molecule has 21 heavy (non-hydrogen) atoms. The first-order valence-corrected chi connectivity index (χ1v) is 8.51. The van der Waals surface area contributed by atoms with E-state index in [1.165, 1.54) is 0 Å². The summed E-state index contributed by atoms with van der Waals surface area (Å²) in [6.45, 7) is 7.64. The number of rotatable bonds is 7. The molecule has 0 heterocycles. The molecule has 0 bridgehead atoms. The second-order valence-electron chi connectivity index (χ2n) is 5.12. The van der Waals surface area contributed by atoms with Crippen LogP contribution in [0.25, 0.3) is 0 Å². The summed E-state index contributed by atoms with van der Waals surface area (Å²) in [4.78, 5) is 13.4. The Morgan fingerprint density at radius 3 is 2.38 bits per heavy atom. The molecule has 118 valence electrons. The summed E-state index contributed by atoms with van der Waals surface area (Å²) in [5.41, 5.74) is 1.15. The average molecular weight is 422 g/mol. The van der Waals surface area contributed by atoms with E-state index in [0.717, 1.165) is 21.1 Å². The smallest absolute Gasteiger partial charge is 0.260 e. The molecule has 0 saturated heterocycles. The minimum absolute atomic E-state index is 0.0329. The van der Waals surface area contributed by atoms with Crippen molar-refractivity contribution < 1.29 is 9.53 Å². The molecular formula is C15H22Br2N2O2. The minimum Gasteiger partial charge on any atom is -0.481 e. The van der Waals surface area contributed by atoms with E-state index < -0.39 is 0 Å². The lowest BCUT2D eigenvalue weighted by molar-refractivity contribution is -0.131. The number of ether oxygens (including phenoxy) is 1. The molecule has 1 aromatic rings. The van der Waals surface area contributed by atoms with Crippen molar-refractivity contribution in [1.82, 2.24) is 10.2 Å². The van der Waals surface area contributed by atoms with Crippen molar-refractivity contribution in [3.8, 4) is 5.75 Å². The van der Waals surface area contributed by atoms with Crippen molar-refractivity contribution in [2.75, 3.05) is 20.2 Å². The van der Waals surface area contributed by atoms with Crippen molar-refractivity contribution in [2.24, 2.45) is 0 Å². The molecular weight excluding hydrogens is 400 g/mol. The third-order valence-corrected chi connectivity index (χ3v) is 4.19. The van der Waals surface area contributed by atoms with Crippen LogP contribution in [0.1, 0.15) is 26.3 Å². The van der Waals surface area contributed by atoms with Crippen LogP contribution in [-0.2, 0) is 11.3 Å². The maximum Gasteiger partial charge on any atom is 0.260 e. The van der Waals surface area contributed by atoms with Gasteiger partial charge in [-0.1, -0.05) is 13.8 Å². The van der Waals surface area contributed by atoms with Gasteiger partial charge >= 0.3 is 0 Å². The van der Waals surface area contributed by atoms with E-state index in [-0.39, 0.29) is 12.5 Å². The molecule has 4 nitrogen and oxygen atoms in total. The Labute approximate surface area is 143 Å². The average Bonchev–Trinajstić information content (AvgIpc) is 2.42. The number of carbonyl (C=O) groups is 1. The fourth-order valence-corrected chi connectivity index (χ4v) is 3.10. The molecule has 1 rings (SSSR count). The molecule has 0 fully saturated rings. The number of likely N-dealkylation sites (N-methyl/N-ethyl adjacent to an activating group) is 1. The minimum atomic E-state index is -0.0400. The highest BCUT2D eigenvalue weighted by Gasteiger charge is 2.13. The Hall–Kier alpha value is -0.590. The van der Waals surface area contributed by atoms with Gasteiger partial charge < -0.3 is 15.0 Å². The summed E-state index contributed by atoms with van der Waals surface area (Å²) in [7, 11) is 1.76. The molecule has 1 aromatic carbocycles. The monoisotopic (exact) mass is 420 g/mol. The first kappa shape index (κ1) is 18.5. The Balaban J connectivity index is 2.73. The quantitative estimate of drug-likeness (QED) is 0.731. The maximum absolute atomic E-state index is 11.8. The molecule has 0 unspecified atom stereocenters. The molecule has 0 saturated carbocycles. The van der Waals surface area contributed by atoms with Gasteiger partial charge in [-0.15, -0.1) is 0 Å². The molecule has 1 N–H and O–H groups in total. The highest BCUT2D eigenvalue weighted by atomic mass is 79.9. The lowest BCUT2D eigenvalue weighted by atomic mass is 10.2. The van der Waals surface area contributed by atoms with Gasteiger partial charge in [0.05, 0.1) is 8.95 Å². The third kappa shape index (κ3) is 5.96. The van der Waals surface area contributed by atoms with E-state index in [0.29, 0.717) is 18.3 Å². The van der Waals surface area contributed by atoms with Crippen LogP contribution in [-0.4, -0.2) is 37.0 Å². The number of benzene rings is 1. The summed E-state index contributed by atoms with van der Waals surface area (Å²) in [5, 5.41) is 3.37. The van der Waals surface area contributed by atoms with Crippen molar-refractivity contribution >= 4 is 37.8 Å². The first-order valence-electron chi connectivity index (χ1n) is 6.93. The number of hydrogen-bond acceptors (Lipinski definition) is 3. The Bertz CT molecular complexity index is 470. The van der Waals surface area contributed by atoms with Crippen LogP contribution in [0, 0.1) is 0 Å². The van der Waals surface area contributed by atoms with Crippen molar-refractivity contribution in [3.05, 3.63) is 26.6 Å². The van der Waals surface area contributed by atoms with E-state index in [1.54, 1.807) is 11.9 Å². The van der Waals surface area contributed by atoms with Crippen LogP contribution in [0.2, 0.25) is 0 Å². The van der Waals surface area contributed by atoms with Crippen LogP contribution in [0.4, 0.5) is 0 Å². The molecule has 0 aliphatic heterocycles. The first-order chi connectivity index (χ1) is 9.85. The third-order valence-electron chi connectivity index (χ3n) is 3.01. The molecule has 0 radical (unpaired) electrons. The highest BCUT2D eigenvalue weighted by Crippen LogP contribution is 2.34. The fraction of sp³-hybridized carbons (Fsp3) is 0.533. The number of hydrogen-bond donors (Lipinski definition) is 1. The van der Waals surface area contributed by atoms with Crippen molar-refractivity contribution in [2.45, 2.75) is 33.4 Å². The normalized spacial score (nSPS) is 10.8. The number of halogens is 2. The van der Waals surface area contributed by atoms with Crippen LogP contribution in [0.15, 0.2) is 21.1 Å². The Morgan fingerprint density at radius 2 is 1.90 bits per heavy atom. The predicted octanol–water partition coefficient (Wildman–Crippen LogP) is 3.57. The van der Waals surface area contributed by atoms with Gasteiger partial charge in [-0.05, 0) is 56.5 Å². The van der Waals surface area contributed by atoms with Gasteiger partial charge in [-0.2, -0.15) is 0 Å². The molecule has 0 atom stereocenters. The number of nitrogens with one attached hydrogen (secondary N) is 1. The molecule has 0 aliphatic carbocycles. The largest absolute Gasteiger partial charge is 0.481 e. The fourth-order valence-electron chi connectivity index (χ4n) is 1.59. The van der Waals surface area contributed by atoms with Crippen LogP contribution >= 0.6 is 31.9 Å². The second-order valence-corrected chi connectivity index (χ2v) is 6.83. The maximum atomic E-state index is 11.8. The zero-order valence-electron chi connectivity index (χ0n) is 12.9. The van der Waals surface area contributed by atoms with Gasteiger partial charge in [0.15, 0.2) is 6.61 Å². The van der Waals surface area contributed by atoms with Gasteiger partial charge in [-0.25, -0.2) is 0 Å². The van der Waals surface area contributed by atoms with Crippen LogP contribution in [0.5, 0.6) is 5.75 Å². The standard InChI is InChI=1S/C15H22Br2N2O2/c1-5-19(4)14(20)9-21-15-12(16)6-11(7-13(15)17)8-18-10(2)3/h6-7,10,18H,5,8-9H2,1-4H3. The number of amides is 1.